The number of hydrogen-bond acceptors (Lipinski definition) is 4. The van der Waals surface area contributed by atoms with E-state index < -0.39 is 0 Å². The lowest BCUT2D eigenvalue weighted by atomic mass is 10.1. The topological polar surface area (TPSA) is 45.9 Å². The molecule has 2 rings (SSSR count). The van der Waals surface area contributed by atoms with Gasteiger partial charge in [0.2, 0.25) is 5.91 Å². The van der Waals surface area contributed by atoms with E-state index in [9.17, 15) is 4.79 Å². The van der Waals surface area contributed by atoms with Gasteiger partial charge in [0.15, 0.2) is 0 Å². The molecule has 2 heterocycles. The largest absolute Gasteiger partial charge is 0.467 e. The van der Waals surface area contributed by atoms with Crippen LogP contribution in [0.4, 0.5) is 0 Å². The van der Waals surface area contributed by atoms with Crippen molar-refractivity contribution in [3.63, 3.8) is 0 Å². The molecule has 106 valence electrons. The number of carbonyl (C=O) groups is 1. The lowest BCUT2D eigenvalue weighted by Crippen LogP contribution is -2.40. The quantitative estimate of drug-likeness (QED) is 0.776. The molecule has 0 unspecified atom stereocenters. The molecule has 0 saturated carbocycles. The van der Waals surface area contributed by atoms with Crippen molar-refractivity contribution in [1.29, 1.82) is 0 Å². The van der Waals surface area contributed by atoms with Crippen molar-refractivity contribution in [2.75, 3.05) is 40.4 Å². The Morgan fingerprint density at radius 2 is 2.26 bits per heavy atom. The molecule has 1 atom stereocenters. The Hall–Kier alpha value is -1.33. The van der Waals surface area contributed by atoms with Crippen molar-refractivity contribution >= 4 is 5.91 Å². The van der Waals surface area contributed by atoms with Gasteiger partial charge in [-0.1, -0.05) is 0 Å². The molecule has 0 spiro atoms. The van der Waals surface area contributed by atoms with Crippen LogP contribution in [0.5, 0.6) is 0 Å². The molecule has 1 amide bonds. The summed E-state index contributed by atoms with van der Waals surface area (Å²) in [5.74, 6) is 1.01. The Bertz CT molecular complexity index is 383. The summed E-state index contributed by atoms with van der Waals surface area (Å²) in [4.78, 5) is 16.4. The van der Waals surface area contributed by atoms with Gasteiger partial charge in [-0.15, -0.1) is 0 Å². The highest BCUT2D eigenvalue weighted by Crippen LogP contribution is 2.17. The minimum atomic E-state index is 0.0112. The fraction of sp³-hybridized carbons (Fsp3) is 0.643. The second kappa shape index (κ2) is 6.73. The smallest absolute Gasteiger partial charge is 0.228 e. The predicted octanol–water partition coefficient (Wildman–Crippen LogP) is 1.21. The third-order valence-corrected chi connectivity index (χ3v) is 3.33. The van der Waals surface area contributed by atoms with Crippen molar-refractivity contribution < 1.29 is 13.9 Å². The highest BCUT2D eigenvalue weighted by molar-refractivity contribution is 5.79. The van der Waals surface area contributed by atoms with Crippen LogP contribution in [-0.4, -0.2) is 56.1 Å². The first-order valence-electron chi connectivity index (χ1n) is 6.70. The first kappa shape index (κ1) is 14.1. The van der Waals surface area contributed by atoms with Gasteiger partial charge in [0.05, 0.1) is 25.3 Å². The fourth-order valence-corrected chi connectivity index (χ4v) is 2.17. The van der Waals surface area contributed by atoms with E-state index in [1.165, 1.54) is 0 Å². The normalized spacial score (nSPS) is 19.0. The van der Waals surface area contributed by atoms with Crippen molar-refractivity contribution in [2.45, 2.75) is 13.0 Å². The van der Waals surface area contributed by atoms with Crippen LogP contribution in [0, 0.1) is 5.92 Å². The van der Waals surface area contributed by atoms with E-state index >= 15 is 0 Å². The van der Waals surface area contributed by atoms with E-state index in [0.29, 0.717) is 26.3 Å². The van der Waals surface area contributed by atoms with E-state index in [2.05, 4.69) is 4.90 Å². The highest BCUT2D eigenvalue weighted by atomic mass is 16.5. The minimum Gasteiger partial charge on any atom is -0.467 e. The molecule has 5 nitrogen and oxygen atoms in total. The number of carbonyl (C=O) groups excluding carboxylic acids is 1. The Labute approximate surface area is 114 Å². The van der Waals surface area contributed by atoms with Crippen LogP contribution in [0.15, 0.2) is 22.8 Å². The Balaban J connectivity index is 1.97. The van der Waals surface area contributed by atoms with Gasteiger partial charge in [0.1, 0.15) is 5.76 Å². The van der Waals surface area contributed by atoms with Gasteiger partial charge in [-0.05, 0) is 32.6 Å². The molecule has 1 fully saturated rings. The number of ether oxygens (including phenoxy) is 1. The number of hydrogen-bond donors (Lipinski definition) is 0. The number of rotatable bonds is 6. The van der Waals surface area contributed by atoms with Crippen LogP contribution in [0.2, 0.25) is 0 Å². The van der Waals surface area contributed by atoms with E-state index in [1.54, 1.807) is 6.26 Å². The second-order valence-electron chi connectivity index (χ2n) is 5.20. The van der Waals surface area contributed by atoms with E-state index in [-0.39, 0.29) is 11.8 Å². The van der Waals surface area contributed by atoms with Gasteiger partial charge in [0.25, 0.3) is 0 Å². The van der Waals surface area contributed by atoms with Crippen LogP contribution in [0.3, 0.4) is 0 Å². The third kappa shape index (κ3) is 4.08. The van der Waals surface area contributed by atoms with Crippen LogP contribution < -0.4 is 0 Å². The molecule has 1 aliphatic heterocycles. The van der Waals surface area contributed by atoms with Gasteiger partial charge >= 0.3 is 0 Å². The summed E-state index contributed by atoms with van der Waals surface area (Å²) in [5, 5.41) is 0. The molecule has 0 aromatic carbocycles. The van der Waals surface area contributed by atoms with E-state index in [4.69, 9.17) is 9.15 Å². The summed E-state index contributed by atoms with van der Waals surface area (Å²) in [6, 6.07) is 3.75. The highest BCUT2D eigenvalue weighted by Gasteiger charge is 2.28. The maximum Gasteiger partial charge on any atom is 0.228 e. The van der Waals surface area contributed by atoms with Gasteiger partial charge in [-0.3, -0.25) is 4.79 Å². The van der Waals surface area contributed by atoms with Crippen LogP contribution in [-0.2, 0) is 16.1 Å². The van der Waals surface area contributed by atoms with E-state index in [1.807, 2.05) is 31.1 Å². The first-order valence-corrected chi connectivity index (χ1v) is 6.70. The fourth-order valence-electron chi connectivity index (χ4n) is 2.17. The summed E-state index contributed by atoms with van der Waals surface area (Å²) in [5.41, 5.74) is 0. The molecule has 5 heteroatoms. The number of amides is 1. The number of nitrogens with zero attached hydrogens (tertiary/aromatic N) is 2. The summed E-state index contributed by atoms with van der Waals surface area (Å²) < 4.78 is 10.7. The first-order chi connectivity index (χ1) is 9.16. The molecule has 19 heavy (non-hydrogen) atoms. The second-order valence-corrected chi connectivity index (χ2v) is 5.20. The van der Waals surface area contributed by atoms with E-state index in [0.717, 1.165) is 18.7 Å². The number of furan rings is 1. The molecule has 0 aliphatic carbocycles. The van der Waals surface area contributed by atoms with Crippen molar-refractivity contribution in [3.8, 4) is 0 Å². The van der Waals surface area contributed by atoms with Crippen LogP contribution >= 0.6 is 0 Å². The maximum absolute atomic E-state index is 12.5. The lowest BCUT2D eigenvalue weighted by molar-refractivity contribution is -0.136. The molecule has 0 bridgehead atoms. The average Bonchev–Trinajstić information content (AvgIpc) is 3.06. The van der Waals surface area contributed by atoms with Gasteiger partial charge in [-0.2, -0.15) is 0 Å². The summed E-state index contributed by atoms with van der Waals surface area (Å²) in [7, 11) is 4.02. The van der Waals surface area contributed by atoms with Crippen molar-refractivity contribution in [2.24, 2.45) is 5.92 Å². The number of likely N-dealkylation sites (N-methyl/N-ethyl adjacent to an activating group) is 1. The zero-order valence-corrected chi connectivity index (χ0v) is 11.7. The van der Waals surface area contributed by atoms with Crippen LogP contribution in [0.25, 0.3) is 0 Å². The Morgan fingerprint density at radius 3 is 2.84 bits per heavy atom. The molecule has 1 saturated heterocycles. The average molecular weight is 266 g/mol. The van der Waals surface area contributed by atoms with Crippen LogP contribution in [0.1, 0.15) is 12.2 Å². The predicted molar refractivity (Wildman–Crippen MR) is 71.6 cm³/mol. The van der Waals surface area contributed by atoms with Gasteiger partial charge in [-0.25, -0.2) is 0 Å². The molecule has 1 aliphatic rings. The zero-order valence-electron chi connectivity index (χ0n) is 11.7. The summed E-state index contributed by atoms with van der Waals surface area (Å²) >= 11 is 0. The summed E-state index contributed by atoms with van der Waals surface area (Å²) in [6.07, 6.45) is 2.47. The Morgan fingerprint density at radius 1 is 1.42 bits per heavy atom. The molecular formula is C14H22N2O3. The molecule has 1 aromatic heterocycles. The molecule has 0 N–H and O–H groups in total. The SMILES string of the molecule is CN(C)CCN(Cc1ccco1)C(=O)[C@@H]1CCOC1. The van der Waals surface area contributed by atoms with Crippen molar-refractivity contribution in [3.05, 3.63) is 24.2 Å². The molecule has 1 aromatic rings. The lowest BCUT2D eigenvalue weighted by Gasteiger charge is -2.25. The monoisotopic (exact) mass is 266 g/mol. The standard InChI is InChI=1S/C14H22N2O3/c1-15(2)6-7-16(10-13-4-3-8-19-13)14(17)12-5-9-18-11-12/h3-4,8,12H,5-7,9-11H2,1-2H3/t12-/m1/s1. The zero-order chi connectivity index (χ0) is 13.7. The van der Waals surface area contributed by atoms with Crippen molar-refractivity contribution in [1.82, 2.24) is 9.80 Å². The van der Waals surface area contributed by atoms with Gasteiger partial charge in [0, 0.05) is 19.7 Å². The Kier molecular flexibility index (Phi) is 4.99. The summed E-state index contributed by atoms with van der Waals surface area (Å²) in [6.45, 7) is 3.34. The minimum absolute atomic E-state index is 0.0112. The maximum atomic E-state index is 12.5. The third-order valence-electron chi connectivity index (χ3n) is 3.33. The van der Waals surface area contributed by atoms with Gasteiger partial charge < -0.3 is 19.0 Å². The molecular weight excluding hydrogens is 244 g/mol. The molecule has 0 radical (unpaired) electrons.